The summed E-state index contributed by atoms with van der Waals surface area (Å²) in [5.41, 5.74) is 1.78. The van der Waals surface area contributed by atoms with Crippen LogP contribution in [0.1, 0.15) is 38.7 Å². The Kier molecular flexibility index (Phi) is 8.43. The molecule has 2 aromatic carbocycles. The zero-order chi connectivity index (χ0) is 30.8. The van der Waals surface area contributed by atoms with E-state index in [1.54, 1.807) is 42.7 Å². The minimum Gasteiger partial charge on any atom is -0.480 e. The molecule has 2 aliphatic carbocycles. The predicted octanol–water partition coefficient (Wildman–Crippen LogP) is 5.06. The van der Waals surface area contributed by atoms with Crippen LogP contribution in [0.4, 0.5) is 16.2 Å². The Morgan fingerprint density at radius 3 is 2.42 bits per heavy atom. The maximum atomic E-state index is 12.9. The molecule has 11 nitrogen and oxygen atoms in total. The maximum Gasteiger partial charge on any atom is 0.328 e. The lowest BCUT2D eigenvalue weighted by Crippen LogP contribution is -2.49. The molecule has 2 bridgehead atoms. The number of carbonyl (C=O) groups is 3. The van der Waals surface area contributed by atoms with Crippen molar-refractivity contribution in [3.05, 3.63) is 78.6 Å². The molecule has 2 fully saturated rings. The van der Waals surface area contributed by atoms with Gasteiger partial charge in [-0.1, -0.05) is 60.8 Å². The summed E-state index contributed by atoms with van der Waals surface area (Å²) in [6.45, 7) is 3.83. The van der Waals surface area contributed by atoms with E-state index in [4.69, 9.17) is 0 Å². The average Bonchev–Trinajstić information content (AvgIpc) is 3.31. The van der Waals surface area contributed by atoms with Crippen molar-refractivity contribution in [3.63, 3.8) is 0 Å². The Labute approximate surface area is 251 Å². The number of pyridine rings is 1. The normalized spacial score (nSPS) is 23.1. The van der Waals surface area contributed by atoms with E-state index in [1.807, 2.05) is 44.2 Å². The van der Waals surface area contributed by atoms with E-state index in [1.165, 1.54) is 0 Å². The number of urea groups is 1. The van der Waals surface area contributed by atoms with Gasteiger partial charge in [-0.15, -0.1) is 0 Å². The molecule has 0 radical (unpaired) electrons. The lowest BCUT2D eigenvalue weighted by molar-refractivity contribution is -0.144. The van der Waals surface area contributed by atoms with Gasteiger partial charge in [0.25, 0.3) is 0 Å². The number of nitrogens with one attached hydrogen (secondary N) is 2. The van der Waals surface area contributed by atoms with Gasteiger partial charge < -0.3 is 15.7 Å². The van der Waals surface area contributed by atoms with Gasteiger partial charge in [0.15, 0.2) is 0 Å². The zero-order valence-electron chi connectivity index (χ0n) is 23.9. The number of carboxylic acids is 1. The summed E-state index contributed by atoms with van der Waals surface area (Å²) in [7, 11) is -2.91. The first-order valence-corrected chi connectivity index (χ1v) is 15.0. The standard InChI is InChI=1S/C31H33N5O6S/c1-30-13-10-22(18-27(30)37)31(30,2)19-36(35-43(41)42)26(28(38)39)17-20-8-9-24(21-6-4-3-5-7-21)25(16-20)34-29(40)33-23-11-14-32-15-12-23/h3-9,11-12,14-16,22,26H,10,13,17-19H2,1-2H3,(H,38,39)(H2,32,33,34,40)/t22-,26-,30+,31-/m0/s1. The number of aromatic nitrogens is 1. The van der Waals surface area contributed by atoms with Crippen molar-refractivity contribution in [1.82, 2.24) is 9.99 Å². The number of carbonyl (C=O) groups excluding carboxylic acids is 2. The highest BCUT2D eigenvalue weighted by Gasteiger charge is 2.64. The molecule has 224 valence electrons. The van der Waals surface area contributed by atoms with Crippen molar-refractivity contribution in [1.29, 1.82) is 0 Å². The van der Waals surface area contributed by atoms with Gasteiger partial charge in [-0.2, -0.15) is 13.4 Å². The molecule has 0 spiro atoms. The Morgan fingerprint density at radius 1 is 1.09 bits per heavy atom. The van der Waals surface area contributed by atoms with Crippen LogP contribution < -0.4 is 10.6 Å². The monoisotopic (exact) mass is 603 g/mol. The van der Waals surface area contributed by atoms with Crippen LogP contribution in [0.5, 0.6) is 0 Å². The SMILES string of the molecule is C[C@]1(CN(N=S(=O)=O)[C@@H](Cc2ccc(-c3ccccc3)c(NC(=O)Nc3ccncc3)c2)C(=O)O)[C@H]2CC[C@]1(C)C(=O)C2. The molecule has 5 rings (SSSR count). The van der Waals surface area contributed by atoms with Gasteiger partial charge in [0.2, 0.25) is 0 Å². The average molecular weight is 604 g/mol. The van der Waals surface area contributed by atoms with E-state index >= 15 is 0 Å². The number of carboxylic acid groups (broad SMARTS) is 1. The summed E-state index contributed by atoms with van der Waals surface area (Å²) in [6, 6.07) is 16.1. The third-order valence-electron chi connectivity index (χ3n) is 9.29. The van der Waals surface area contributed by atoms with Crippen LogP contribution in [0.3, 0.4) is 0 Å². The van der Waals surface area contributed by atoms with Crippen molar-refractivity contribution in [2.45, 2.75) is 45.6 Å². The largest absolute Gasteiger partial charge is 0.480 e. The summed E-state index contributed by atoms with van der Waals surface area (Å²) in [4.78, 5) is 42.3. The minimum atomic E-state index is -2.91. The second-order valence-corrected chi connectivity index (χ2v) is 12.2. The molecular formula is C31H33N5O6S. The second kappa shape index (κ2) is 12.1. The van der Waals surface area contributed by atoms with Crippen molar-refractivity contribution in [2.24, 2.45) is 21.2 Å². The smallest absolute Gasteiger partial charge is 0.328 e. The summed E-state index contributed by atoms with van der Waals surface area (Å²) < 4.78 is 27.3. The van der Waals surface area contributed by atoms with Crippen LogP contribution in [-0.2, 0) is 26.5 Å². The van der Waals surface area contributed by atoms with Crippen LogP contribution in [-0.4, -0.2) is 53.9 Å². The van der Waals surface area contributed by atoms with Crippen molar-refractivity contribution in [3.8, 4) is 11.1 Å². The number of rotatable bonds is 10. The van der Waals surface area contributed by atoms with Gasteiger partial charge in [0.1, 0.15) is 11.8 Å². The number of nitrogens with zero attached hydrogens (tertiary/aromatic N) is 3. The first-order valence-electron chi connectivity index (χ1n) is 14.0. The van der Waals surface area contributed by atoms with Crippen molar-refractivity contribution >= 4 is 39.7 Å². The number of hydrogen-bond acceptors (Lipinski definition) is 7. The summed E-state index contributed by atoms with van der Waals surface area (Å²) in [6.07, 6.45) is 4.90. The summed E-state index contributed by atoms with van der Waals surface area (Å²) in [5.74, 6) is -1.10. The van der Waals surface area contributed by atoms with Gasteiger partial charge in [-0.05, 0) is 53.5 Å². The predicted molar refractivity (Wildman–Crippen MR) is 160 cm³/mol. The van der Waals surface area contributed by atoms with Crippen molar-refractivity contribution < 1.29 is 27.9 Å². The first-order chi connectivity index (χ1) is 20.5. The topological polar surface area (TPSA) is 158 Å². The number of anilines is 2. The molecule has 0 saturated heterocycles. The zero-order valence-corrected chi connectivity index (χ0v) is 24.7. The van der Waals surface area contributed by atoms with Crippen LogP contribution in [0.15, 0.2) is 77.5 Å². The molecule has 0 aliphatic heterocycles. The Hall–Kier alpha value is -4.42. The maximum absolute atomic E-state index is 12.9. The third-order valence-corrected chi connectivity index (χ3v) is 9.64. The van der Waals surface area contributed by atoms with Gasteiger partial charge in [0.05, 0.1) is 5.69 Å². The van der Waals surface area contributed by atoms with E-state index < -0.39 is 39.4 Å². The number of aliphatic carboxylic acids is 1. The number of fused-ring (bicyclic) bond motifs is 2. The van der Waals surface area contributed by atoms with Gasteiger partial charge >= 0.3 is 22.5 Å². The molecule has 2 saturated carbocycles. The number of amides is 2. The molecule has 2 aliphatic rings. The molecule has 43 heavy (non-hydrogen) atoms. The fourth-order valence-electron chi connectivity index (χ4n) is 6.63. The Bertz CT molecular complexity index is 1680. The highest BCUT2D eigenvalue weighted by atomic mass is 32.2. The fourth-order valence-corrected chi connectivity index (χ4v) is 6.97. The molecule has 0 unspecified atom stereocenters. The lowest BCUT2D eigenvalue weighted by atomic mass is 9.68. The molecule has 1 aromatic heterocycles. The van der Waals surface area contributed by atoms with Crippen LogP contribution in [0.25, 0.3) is 11.1 Å². The lowest BCUT2D eigenvalue weighted by Gasteiger charge is -2.40. The molecule has 1 heterocycles. The summed E-state index contributed by atoms with van der Waals surface area (Å²) in [5, 5.41) is 17.0. The van der Waals surface area contributed by atoms with E-state index in [-0.39, 0.29) is 24.7 Å². The Morgan fingerprint density at radius 2 is 1.81 bits per heavy atom. The number of hydrogen-bond donors (Lipinski definition) is 3. The van der Waals surface area contributed by atoms with Crippen LogP contribution in [0.2, 0.25) is 0 Å². The Balaban J connectivity index is 1.46. The third kappa shape index (κ3) is 6.06. The summed E-state index contributed by atoms with van der Waals surface area (Å²) >= 11 is 0. The molecule has 12 heteroatoms. The molecule has 3 N–H and O–H groups in total. The van der Waals surface area contributed by atoms with Gasteiger partial charge in [0, 0.05) is 48.4 Å². The molecule has 4 atom stereocenters. The molecule has 2 amide bonds. The van der Waals surface area contributed by atoms with Gasteiger partial charge in [-0.25, -0.2) is 4.79 Å². The first kappa shape index (κ1) is 30.1. The molecule has 3 aromatic rings. The highest BCUT2D eigenvalue weighted by molar-refractivity contribution is 7.61. The number of benzene rings is 2. The fraction of sp³-hybridized carbons (Fsp3) is 0.355. The molecular weight excluding hydrogens is 570 g/mol. The highest BCUT2D eigenvalue weighted by Crippen LogP contribution is 2.64. The van der Waals surface area contributed by atoms with Gasteiger partial charge in [-0.3, -0.25) is 14.6 Å². The van der Waals surface area contributed by atoms with E-state index in [0.717, 1.165) is 17.0 Å². The second-order valence-electron chi connectivity index (χ2n) is 11.6. The quantitative estimate of drug-likeness (QED) is 0.271. The van der Waals surface area contributed by atoms with E-state index in [9.17, 15) is 27.9 Å². The van der Waals surface area contributed by atoms with Crippen LogP contribution >= 0.6 is 0 Å². The van der Waals surface area contributed by atoms with Crippen LogP contribution in [0, 0.1) is 16.7 Å². The number of ketones is 1. The van der Waals surface area contributed by atoms with Crippen molar-refractivity contribution in [2.75, 3.05) is 17.2 Å². The van der Waals surface area contributed by atoms with E-state index in [0.29, 0.717) is 35.3 Å². The number of Topliss-reactive ketones (excluding diaryl/α,β-unsaturated/α-hetero) is 1. The van der Waals surface area contributed by atoms with E-state index in [2.05, 4.69) is 20.1 Å². The minimum absolute atomic E-state index is 0.00635.